The lowest BCUT2D eigenvalue weighted by Crippen LogP contribution is -2.31. The first-order valence-electron chi connectivity index (χ1n) is 6.69. The predicted molar refractivity (Wildman–Crippen MR) is 67.8 cm³/mol. The van der Waals surface area contributed by atoms with Crippen LogP contribution in [0.3, 0.4) is 0 Å². The molecule has 0 bridgehead atoms. The number of rotatable bonds is 2. The number of carbonyl (C=O) groups excluding carboxylic acids is 1. The van der Waals surface area contributed by atoms with Crippen LogP contribution in [0, 0.1) is 5.92 Å². The van der Waals surface area contributed by atoms with E-state index in [0.717, 1.165) is 37.2 Å². The normalized spacial score (nSPS) is 27.1. The fourth-order valence-electron chi connectivity index (χ4n) is 2.89. The number of ketones is 1. The summed E-state index contributed by atoms with van der Waals surface area (Å²) in [4.78, 5) is 12.6. The van der Waals surface area contributed by atoms with E-state index in [4.69, 9.17) is 9.47 Å². The van der Waals surface area contributed by atoms with E-state index in [1.54, 1.807) is 0 Å². The molecule has 1 aromatic rings. The zero-order valence-corrected chi connectivity index (χ0v) is 10.4. The SMILES string of the molecule is O=C(C1CCCOC1)C1CCOc2ccccc21. The van der Waals surface area contributed by atoms with Crippen LogP contribution >= 0.6 is 0 Å². The molecule has 0 aromatic heterocycles. The number of Topliss-reactive ketones (excluding diaryl/α,β-unsaturated/α-hetero) is 1. The summed E-state index contributed by atoms with van der Waals surface area (Å²) in [5, 5.41) is 0. The average Bonchev–Trinajstić information content (AvgIpc) is 2.47. The Bertz CT molecular complexity index is 435. The van der Waals surface area contributed by atoms with Crippen molar-refractivity contribution in [1.82, 2.24) is 0 Å². The molecule has 1 fully saturated rings. The number of carbonyl (C=O) groups is 1. The molecule has 96 valence electrons. The fourth-order valence-corrected chi connectivity index (χ4v) is 2.89. The molecule has 18 heavy (non-hydrogen) atoms. The molecule has 2 aliphatic heterocycles. The van der Waals surface area contributed by atoms with Gasteiger partial charge in [0.25, 0.3) is 0 Å². The largest absolute Gasteiger partial charge is 0.493 e. The standard InChI is InChI=1S/C15H18O3/c16-15(11-4-3-8-17-10-11)13-7-9-18-14-6-2-1-5-12(13)14/h1-2,5-6,11,13H,3-4,7-10H2. The lowest BCUT2D eigenvalue weighted by molar-refractivity contribution is -0.128. The van der Waals surface area contributed by atoms with Gasteiger partial charge in [-0.2, -0.15) is 0 Å². The second kappa shape index (κ2) is 5.11. The number of para-hydroxylation sites is 1. The number of hydrogen-bond acceptors (Lipinski definition) is 3. The first kappa shape index (κ1) is 11.7. The summed E-state index contributed by atoms with van der Waals surface area (Å²) < 4.78 is 11.0. The Morgan fingerprint density at radius 3 is 2.89 bits per heavy atom. The van der Waals surface area contributed by atoms with Gasteiger partial charge >= 0.3 is 0 Å². The first-order chi connectivity index (χ1) is 8.86. The van der Waals surface area contributed by atoms with Crippen LogP contribution in [0.2, 0.25) is 0 Å². The van der Waals surface area contributed by atoms with Crippen molar-refractivity contribution in [2.24, 2.45) is 5.92 Å². The topological polar surface area (TPSA) is 35.5 Å². The monoisotopic (exact) mass is 246 g/mol. The molecule has 2 atom stereocenters. The molecule has 1 saturated heterocycles. The van der Waals surface area contributed by atoms with Crippen LogP contribution in [0.5, 0.6) is 5.75 Å². The van der Waals surface area contributed by atoms with Gasteiger partial charge in [-0.05, 0) is 25.3 Å². The van der Waals surface area contributed by atoms with Crippen molar-refractivity contribution in [2.75, 3.05) is 19.8 Å². The van der Waals surface area contributed by atoms with Gasteiger partial charge in [0.1, 0.15) is 11.5 Å². The molecule has 3 nitrogen and oxygen atoms in total. The minimum atomic E-state index is 0.00153. The third-order valence-electron chi connectivity index (χ3n) is 3.86. The summed E-state index contributed by atoms with van der Waals surface area (Å²) in [5.74, 6) is 1.29. The molecule has 0 aliphatic carbocycles. The molecule has 0 amide bonds. The molecule has 2 unspecified atom stereocenters. The molecular formula is C15H18O3. The molecule has 3 heteroatoms. The maximum atomic E-state index is 12.6. The zero-order chi connectivity index (χ0) is 12.4. The van der Waals surface area contributed by atoms with Gasteiger partial charge in [-0.3, -0.25) is 4.79 Å². The molecule has 2 aliphatic rings. The van der Waals surface area contributed by atoms with Crippen molar-refractivity contribution in [2.45, 2.75) is 25.2 Å². The van der Waals surface area contributed by atoms with E-state index in [1.165, 1.54) is 0 Å². The van der Waals surface area contributed by atoms with Crippen LogP contribution in [0.15, 0.2) is 24.3 Å². The molecular weight excluding hydrogens is 228 g/mol. The second-order valence-electron chi connectivity index (χ2n) is 5.04. The first-order valence-corrected chi connectivity index (χ1v) is 6.69. The maximum Gasteiger partial charge on any atom is 0.145 e. The predicted octanol–water partition coefficient (Wildman–Crippen LogP) is 2.55. The minimum Gasteiger partial charge on any atom is -0.493 e. The van der Waals surface area contributed by atoms with Crippen LogP contribution in [0.1, 0.15) is 30.7 Å². The van der Waals surface area contributed by atoms with E-state index >= 15 is 0 Å². The van der Waals surface area contributed by atoms with E-state index in [2.05, 4.69) is 0 Å². The molecule has 3 rings (SSSR count). The highest BCUT2D eigenvalue weighted by Crippen LogP contribution is 2.36. The maximum absolute atomic E-state index is 12.6. The van der Waals surface area contributed by atoms with Crippen molar-refractivity contribution < 1.29 is 14.3 Å². The summed E-state index contributed by atoms with van der Waals surface area (Å²) >= 11 is 0. The van der Waals surface area contributed by atoms with E-state index in [-0.39, 0.29) is 11.8 Å². The summed E-state index contributed by atoms with van der Waals surface area (Å²) in [6, 6.07) is 7.90. The van der Waals surface area contributed by atoms with Crippen LogP contribution in [0.4, 0.5) is 0 Å². The van der Waals surface area contributed by atoms with Crippen LogP contribution in [-0.4, -0.2) is 25.6 Å². The van der Waals surface area contributed by atoms with Gasteiger partial charge in [0, 0.05) is 24.0 Å². The number of benzene rings is 1. The molecule has 0 radical (unpaired) electrons. The summed E-state index contributed by atoms with van der Waals surface area (Å²) in [5.41, 5.74) is 1.05. The highest BCUT2D eigenvalue weighted by molar-refractivity contribution is 5.89. The van der Waals surface area contributed by atoms with E-state index < -0.39 is 0 Å². The third kappa shape index (κ3) is 2.15. The Kier molecular flexibility index (Phi) is 3.33. The van der Waals surface area contributed by atoms with E-state index in [1.807, 2.05) is 24.3 Å². The van der Waals surface area contributed by atoms with Crippen molar-refractivity contribution in [3.05, 3.63) is 29.8 Å². The lowest BCUT2D eigenvalue weighted by atomic mass is 9.82. The van der Waals surface area contributed by atoms with Gasteiger partial charge in [0.05, 0.1) is 13.2 Å². The average molecular weight is 246 g/mol. The Morgan fingerprint density at radius 1 is 1.17 bits per heavy atom. The lowest BCUT2D eigenvalue weighted by Gasteiger charge is -2.29. The Hall–Kier alpha value is -1.35. The van der Waals surface area contributed by atoms with Crippen LogP contribution < -0.4 is 4.74 Å². The summed E-state index contributed by atoms with van der Waals surface area (Å²) in [6.45, 7) is 2.04. The smallest absolute Gasteiger partial charge is 0.145 e. The van der Waals surface area contributed by atoms with Crippen molar-refractivity contribution >= 4 is 5.78 Å². The van der Waals surface area contributed by atoms with Gasteiger partial charge in [-0.25, -0.2) is 0 Å². The molecule has 1 aromatic carbocycles. The molecule has 0 saturated carbocycles. The third-order valence-corrected chi connectivity index (χ3v) is 3.86. The molecule has 0 spiro atoms. The quantitative estimate of drug-likeness (QED) is 0.804. The van der Waals surface area contributed by atoms with E-state index in [9.17, 15) is 4.79 Å². The Balaban J connectivity index is 1.82. The Morgan fingerprint density at radius 2 is 2.06 bits per heavy atom. The van der Waals surface area contributed by atoms with Crippen molar-refractivity contribution in [3.8, 4) is 5.75 Å². The molecule has 2 heterocycles. The van der Waals surface area contributed by atoms with Crippen molar-refractivity contribution in [1.29, 1.82) is 0 Å². The van der Waals surface area contributed by atoms with Crippen LogP contribution in [0.25, 0.3) is 0 Å². The Labute approximate surface area is 107 Å². The fraction of sp³-hybridized carbons (Fsp3) is 0.533. The van der Waals surface area contributed by atoms with Gasteiger partial charge in [0.2, 0.25) is 0 Å². The highest BCUT2D eigenvalue weighted by Gasteiger charge is 2.33. The highest BCUT2D eigenvalue weighted by atomic mass is 16.5. The summed E-state index contributed by atoms with van der Waals surface area (Å²) in [6.07, 6.45) is 2.77. The molecule has 0 N–H and O–H groups in total. The zero-order valence-electron chi connectivity index (χ0n) is 10.4. The summed E-state index contributed by atoms with van der Waals surface area (Å²) in [7, 11) is 0. The van der Waals surface area contributed by atoms with Gasteiger partial charge in [-0.1, -0.05) is 18.2 Å². The van der Waals surface area contributed by atoms with Crippen LogP contribution in [-0.2, 0) is 9.53 Å². The second-order valence-corrected chi connectivity index (χ2v) is 5.04. The number of hydrogen-bond donors (Lipinski definition) is 0. The van der Waals surface area contributed by atoms with Gasteiger partial charge < -0.3 is 9.47 Å². The van der Waals surface area contributed by atoms with Gasteiger partial charge in [0.15, 0.2) is 0 Å². The van der Waals surface area contributed by atoms with E-state index in [0.29, 0.717) is 19.0 Å². The van der Waals surface area contributed by atoms with Crippen molar-refractivity contribution in [3.63, 3.8) is 0 Å². The number of fused-ring (bicyclic) bond motifs is 1. The van der Waals surface area contributed by atoms with Gasteiger partial charge in [-0.15, -0.1) is 0 Å². The minimum absolute atomic E-state index is 0.00153. The number of ether oxygens (including phenoxy) is 2.